The molecule has 0 spiro atoms. The summed E-state index contributed by atoms with van der Waals surface area (Å²) in [5.41, 5.74) is 3.16. The van der Waals surface area contributed by atoms with Crippen molar-refractivity contribution in [3.05, 3.63) is 60.2 Å². The average molecular weight is 348 g/mol. The van der Waals surface area contributed by atoms with Gasteiger partial charge in [0.05, 0.1) is 32.7 Å². The van der Waals surface area contributed by atoms with E-state index in [9.17, 15) is 4.79 Å². The summed E-state index contributed by atoms with van der Waals surface area (Å²) >= 11 is 0. The smallest absolute Gasteiger partial charge is 0.181 e. The maximum atomic E-state index is 13.3. The summed E-state index contributed by atoms with van der Waals surface area (Å²) in [7, 11) is 0. The van der Waals surface area contributed by atoms with Gasteiger partial charge in [0.1, 0.15) is 0 Å². The van der Waals surface area contributed by atoms with Crippen LogP contribution in [0.1, 0.15) is 10.4 Å². The van der Waals surface area contributed by atoms with Crippen molar-refractivity contribution in [2.75, 3.05) is 46.3 Å². The first-order chi connectivity index (χ1) is 12.8. The van der Waals surface area contributed by atoms with Gasteiger partial charge in [0.15, 0.2) is 5.78 Å². The summed E-state index contributed by atoms with van der Waals surface area (Å²) < 4.78 is 0. The van der Waals surface area contributed by atoms with Crippen LogP contribution < -0.4 is 0 Å². The van der Waals surface area contributed by atoms with Gasteiger partial charge in [-0.1, -0.05) is 54.6 Å². The summed E-state index contributed by atoms with van der Waals surface area (Å²) in [6.45, 7) is 6.76. The number of hydrogen-bond acceptors (Lipinski definition) is 5. The number of rotatable bonds is 3. The first kappa shape index (κ1) is 16.1. The predicted molar refractivity (Wildman–Crippen MR) is 101 cm³/mol. The Morgan fingerprint density at radius 3 is 2.00 bits per heavy atom. The fraction of sp³-hybridized carbons (Fsp3) is 0.381. The van der Waals surface area contributed by atoms with Gasteiger partial charge in [-0.25, -0.2) is 0 Å². The number of carbonyl (C=O) groups is 1. The Balaban J connectivity index is 1.39. The van der Waals surface area contributed by atoms with E-state index in [-0.39, 0.29) is 11.8 Å². The summed E-state index contributed by atoms with van der Waals surface area (Å²) in [5, 5.41) is 0. The lowest BCUT2D eigenvalue weighted by Crippen LogP contribution is -2.47. The van der Waals surface area contributed by atoms with Crippen LogP contribution in [0.25, 0.3) is 11.1 Å². The quantitative estimate of drug-likeness (QED) is 0.792. The lowest BCUT2D eigenvalue weighted by molar-refractivity contribution is 0.0585. The van der Waals surface area contributed by atoms with Crippen molar-refractivity contribution in [2.24, 2.45) is 0 Å². The number of nitrogens with zero attached hydrogens (tertiary/aromatic N) is 4. The molecule has 0 aromatic heterocycles. The molecule has 5 heteroatoms. The van der Waals surface area contributed by atoms with Gasteiger partial charge in [0.2, 0.25) is 0 Å². The molecule has 134 valence electrons. The molecule has 4 aliphatic heterocycles. The highest BCUT2D eigenvalue weighted by atomic mass is 16.1. The zero-order chi connectivity index (χ0) is 17.5. The van der Waals surface area contributed by atoms with E-state index in [0.717, 1.165) is 57.4 Å². The van der Waals surface area contributed by atoms with Gasteiger partial charge in [-0.3, -0.25) is 24.4 Å². The molecule has 4 saturated heterocycles. The molecule has 6 rings (SSSR count). The Labute approximate surface area is 154 Å². The molecule has 0 N–H and O–H groups in total. The maximum Gasteiger partial charge on any atom is 0.181 e. The second kappa shape index (κ2) is 6.59. The monoisotopic (exact) mass is 348 g/mol. The molecule has 5 nitrogen and oxygen atoms in total. The van der Waals surface area contributed by atoms with E-state index in [4.69, 9.17) is 0 Å². The number of benzene rings is 2. The standard InChI is InChI=1S/C21H24N4O/c26-21(19-8-6-18(7-9-19)17-4-2-1-3-5-17)20-12-24-13-22-10-11-23(14-24)16-25(20)15-22/h1-9,20H,10-16H2. The second-order valence-electron chi connectivity index (χ2n) is 7.62. The third kappa shape index (κ3) is 2.97. The van der Waals surface area contributed by atoms with Crippen LogP contribution in [0.15, 0.2) is 54.6 Å². The lowest BCUT2D eigenvalue weighted by Gasteiger charge is -2.30. The van der Waals surface area contributed by atoms with Crippen molar-refractivity contribution in [3.63, 3.8) is 0 Å². The highest BCUT2D eigenvalue weighted by Gasteiger charge is 2.39. The number of Topliss-reactive ketones (excluding diaryl/α,β-unsaturated/α-hetero) is 1. The molecule has 4 heterocycles. The largest absolute Gasteiger partial charge is 0.292 e. The molecule has 3 atom stereocenters. The molecule has 2 aromatic rings. The normalized spacial score (nSPS) is 32.8. The zero-order valence-corrected chi connectivity index (χ0v) is 14.9. The van der Waals surface area contributed by atoms with Crippen molar-refractivity contribution < 1.29 is 4.79 Å². The molecule has 26 heavy (non-hydrogen) atoms. The number of fused-ring (bicyclic) bond motifs is 2. The average Bonchev–Trinajstić information content (AvgIpc) is 3.13. The van der Waals surface area contributed by atoms with E-state index in [2.05, 4.69) is 43.9 Å². The van der Waals surface area contributed by atoms with E-state index in [1.54, 1.807) is 0 Å². The minimum atomic E-state index is -0.0503. The molecule has 0 radical (unpaired) electrons. The van der Waals surface area contributed by atoms with E-state index >= 15 is 0 Å². The minimum Gasteiger partial charge on any atom is -0.292 e. The fourth-order valence-corrected chi connectivity index (χ4v) is 4.40. The van der Waals surface area contributed by atoms with Crippen LogP contribution in [0.4, 0.5) is 0 Å². The Bertz CT molecular complexity index is 775. The van der Waals surface area contributed by atoms with E-state index < -0.39 is 0 Å². The fourth-order valence-electron chi connectivity index (χ4n) is 4.40. The van der Waals surface area contributed by atoms with Crippen LogP contribution in [0, 0.1) is 0 Å². The Morgan fingerprint density at radius 1 is 0.731 bits per heavy atom. The van der Waals surface area contributed by atoms with Crippen molar-refractivity contribution in [2.45, 2.75) is 6.04 Å². The van der Waals surface area contributed by atoms with Gasteiger partial charge < -0.3 is 0 Å². The molecule has 3 unspecified atom stereocenters. The summed E-state index contributed by atoms with van der Waals surface area (Å²) in [4.78, 5) is 23.0. The Morgan fingerprint density at radius 2 is 1.35 bits per heavy atom. The molecule has 4 aliphatic rings. The summed E-state index contributed by atoms with van der Waals surface area (Å²) in [6, 6.07) is 18.4. The van der Waals surface area contributed by atoms with Crippen molar-refractivity contribution in [1.29, 1.82) is 0 Å². The van der Waals surface area contributed by atoms with Crippen LogP contribution in [0.5, 0.6) is 0 Å². The van der Waals surface area contributed by atoms with Crippen molar-refractivity contribution in [1.82, 2.24) is 19.6 Å². The van der Waals surface area contributed by atoms with Gasteiger partial charge >= 0.3 is 0 Å². The van der Waals surface area contributed by atoms with Gasteiger partial charge in [-0.05, 0) is 11.1 Å². The molecule has 2 aromatic carbocycles. The maximum absolute atomic E-state index is 13.3. The van der Waals surface area contributed by atoms with Crippen LogP contribution >= 0.6 is 0 Å². The Kier molecular flexibility index (Phi) is 4.10. The molecule has 4 bridgehead atoms. The van der Waals surface area contributed by atoms with E-state index in [1.165, 1.54) is 5.56 Å². The number of ketones is 1. The van der Waals surface area contributed by atoms with Crippen LogP contribution in [0.3, 0.4) is 0 Å². The number of hydrogen-bond donors (Lipinski definition) is 0. The van der Waals surface area contributed by atoms with Crippen LogP contribution in [0.2, 0.25) is 0 Å². The van der Waals surface area contributed by atoms with Crippen LogP contribution in [-0.2, 0) is 0 Å². The van der Waals surface area contributed by atoms with Gasteiger partial charge in [-0.15, -0.1) is 0 Å². The molecular formula is C21H24N4O. The highest BCUT2D eigenvalue weighted by molar-refractivity contribution is 6.00. The summed E-state index contributed by atoms with van der Waals surface area (Å²) in [6.07, 6.45) is 0. The second-order valence-corrected chi connectivity index (χ2v) is 7.62. The highest BCUT2D eigenvalue weighted by Crippen LogP contribution is 2.24. The molecule has 4 fully saturated rings. The van der Waals surface area contributed by atoms with Crippen molar-refractivity contribution in [3.8, 4) is 11.1 Å². The minimum absolute atomic E-state index is 0.0503. The first-order valence-electron chi connectivity index (χ1n) is 9.37. The van der Waals surface area contributed by atoms with Gasteiger partial charge in [0.25, 0.3) is 0 Å². The molecule has 0 amide bonds. The summed E-state index contributed by atoms with van der Waals surface area (Å²) in [5.74, 6) is 0.250. The lowest BCUT2D eigenvalue weighted by atomic mass is 9.99. The first-order valence-corrected chi connectivity index (χ1v) is 9.37. The third-order valence-corrected chi connectivity index (χ3v) is 5.75. The van der Waals surface area contributed by atoms with Gasteiger partial charge in [-0.2, -0.15) is 0 Å². The van der Waals surface area contributed by atoms with E-state index in [1.807, 2.05) is 30.3 Å². The zero-order valence-electron chi connectivity index (χ0n) is 14.9. The van der Waals surface area contributed by atoms with Gasteiger partial charge in [0, 0.05) is 25.2 Å². The SMILES string of the molecule is O=C(c1ccc(-c2ccccc2)cc1)C1CN2CN3CCN(C2)CN1C3. The molecular weight excluding hydrogens is 324 g/mol. The van der Waals surface area contributed by atoms with Crippen molar-refractivity contribution >= 4 is 5.78 Å². The topological polar surface area (TPSA) is 30.0 Å². The predicted octanol–water partition coefficient (Wildman–Crippen LogP) is 1.98. The molecule has 0 aliphatic carbocycles. The molecule has 0 saturated carbocycles. The number of carbonyl (C=O) groups excluding carboxylic acids is 1. The Hall–Kier alpha value is -2.05. The van der Waals surface area contributed by atoms with Crippen LogP contribution in [-0.4, -0.2) is 77.7 Å². The third-order valence-electron chi connectivity index (χ3n) is 5.75. The van der Waals surface area contributed by atoms with E-state index in [0.29, 0.717) is 0 Å².